The predicted molar refractivity (Wildman–Crippen MR) is 88.5 cm³/mol. The topological polar surface area (TPSA) is 47.6 Å². The lowest BCUT2D eigenvalue weighted by atomic mass is 10.0. The van der Waals surface area contributed by atoms with E-state index in [1.165, 1.54) is 6.07 Å². The maximum Gasteiger partial charge on any atom is 0.258 e. The van der Waals surface area contributed by atoms with Gasteiger partial charge in [0, 0.05) is 6.07 Å². The molecule has 2 aromatic carbocycles. The first-order chi connectivity index (χ1) is 12.1. The summed E-state index contributed by atoms with van der Waals surface area (Å²) < 4.78 is 36.7. The first-order valence-electron chi connectivity index (χ1n) is 8.08. The van der Waals surface area contributed by atoms with Gasteiger partial charge in [0.1, 0.15) is 11.6 Å². The van der Waals surface area contributed by atoms with Gasteiger partial charge in [-0.3, -0.25) is 4.79 Å². The zero-order valence-corrected chi connectivity index (χ0v) is 13.8. The van der Waals surface area contributed by atoms with E-state index in [2.05, 4.69) is 5.32 Å². The molecule has 2 aromatic rings. The van der Waals surface area contributed by atoms with Crippen molar-refractivity contribution in [3.63, 3.8) is 0 Å². The highest BCUT2D eigenvalue weighted by Gasteiger charge is 2.33. The fraction of sp³-hybridized carbons (Fsp3) is 0.316. The van der Waals surface area contributed by atoms with Gasteiger partial charge >= 0.3 is 0 Å². The Morgan fingerprint density at radius 3 is 2.52 bits per heavy atom. The largest absolute Gasteiger partial charge is 0.497 e. The van der Waals surface area contributed by atoms with Crippen LogP contribution in [0, 0.1) is 17.6 Å². The van der Waals surface area contributed by atoms with Crippen LogP contribution in [-0.4, -0.2) is 19.6 Å². The summed E-state index contributed by atoms with van der Waals surface area (Å²) in [6, 6.07) is 10.4. The third-order valence-corrected chi connectivity index (χ3v) is 4.14. The van der Waals surface area contributed by atoms with Gasteiger partial charge in [-0.05, 0) is 48.6 Å². The Morgan fingerprint density at radius 1 is 1.20 bits per heavy atom. The molecular weight excluding hydrogens is 328 g/mol. The highest BCUT2D eigenvalue weighted by Crippen LogP contribution is 2.41. The summed E-state index contributed by atoms with van der Waals surface area (Å²) in [4.78, 5) is 12.2. The molecule has 1 saturated carbocycles. The van der Waals surface area contributed by atoms with Crippen LogP contribution in [0.4, 0.5) is 8.78 Å². The summed E-state index contributed by atoms with van der Waals surface area (Å²) in [6.45, 7) is -0.331. The first-order valence-corrected chi connectivity index (χ1v) is 8.08. The van der Waals surface area contributed by atoms with Crippen LogP contribution in [0.15, 0.2) is 42.5 Å². The van der Waals surface area contributed by atoms with Crippen molar-refractivity contribution in [1.82, 2.24) is 5.32 Å². The number of carbonyl (C=O) groups is 1. The summed E-state index contributed by atoms with van der Waals surface area (Å²) in [6.07, 6.45) is 2.09. The molecule has 1 atom stereocenters. The molecule has 0 aliphatic heterocycles. The quantitative estimate of drug-likeness (QED) is 0.832. The monoisotopic (exact) mass is 347 g/mol. The maximum atomic E-state index is 13.5. The minimum Gasteiger partial charge on any atom is -0.497 e. The van der Waals surface area contributed by atoms with Gasteiger partial charge in [-0.15, -0.1) is 0 Å². The molecule has 0 heterocycles. The Hall–Kier alpha value is -2.63. The van der Waals surface area contributed by atoms with Gasteiger partial charge in [0.25, 0.3) is 5.91 Å². The van der Waals surface area contributed by atoms with Crippen molar-refractivity contribution < 1.29 is 23.0 Å². The minimum absolute atomic E-state index is 0.111. The molecule has 25 heavy (non-hydrogen) atoms. The Labute approximate surface area is 144 Å². The standard InChI is InChI=1S/C19H19F2NO3/c1-24-15-7-4-13(5-8-15)19(12-2-3-12)22-18(23)11-25-17-9-6-14(20)10-16(17)21/h4-10,12,19H,2-3,11H2,1H3,(H,22,23). The van der Waals surface area contributed by atoms with E-state index in [4.69, 9.17) is 9.47 Å². The normalized spacial score (nSPS) is 14.7. The number of halogens is 2. The lowest BCUT2D eigenvalue weighted by molar-refractivity contribution is -0.124. The third kappa shape index (κ3) is 4.47. The summed E-state index contributed by atoms with van der Waals surface area (Å²) in [5.41, 5.74) is 0.990. The number of methoxy groups -OCH3 is 1. The molecule has 0 aromatic heterocycles. The molecule has 4 nitrogen and oxygen atoms in total. The van der Waals surface area contributed by atoms with Crippen LogP contribution < -0.4 is 14.8 Å². The second-order valence-electron chi connectivity index (χ2n) is 6.02. The lowest BCUT2D eigenvalue weighted by Gasteiger charge is -2.19. The van der Waals surface area contributed by atoms with Crippen LogP contribution >= 0.6 is 0 Å². The summed E-state index contributed by atoms with van der Waals surface area (Å²) in [5, 5.41) is 2.93. The first kappa shape index (κ1) is 17.2. The smallest absolute Gasteiger partial charge is 0.258 e. The Kier molecular flexibility index (Phi) is 5.16. The van der Waals surface area contributed by atoms with E-state index in [-0.39, 0.29) is 24.3 Å². The molecule has 0 saturated heterocycles. The molecule has 1 aliphatic carbocycles. The van der Waals surface area contributed by atoms with Crippen molar-refractivity contribution in [2.45, 2.75) is 18.9 Å². The number of nitrogens with one attached hydrogen (secondary N) is 1. The number of rotatable bonds is 7. The number of ether oxygens (including phenoxy) is 2. The van der Waals surface area contributed by atoms with Gasteiger partial charge in [-0.1, -0.05) is 12.1 Å². The maximum absolute atomic E-state index is 13.5. The van der Waals surface area contributed by atoms with Crippen molar-refractivity contribution in [3.05, 3.63) is 59.7 Å². The second kappa shape index (κ2) is 7.51. The molecule has 1 unspecified atom stereocenters. The fourth-order valence-electron chi connectivity index (χ4n) is 2.66. The van der Waals surface area contributed by atoms with E-state index < -0.39 is 11.6 Å². The van der Waals surface area contributed by atoms with Crippen LogP contribution in [0.1, 0.15) is 24.4 Å². The molecule has 1 fully saturated rings. The summed E-state index contributed by atoms with van der Waals surface area (Å²) in [5.74, 6) is -0.885. The molecular formula is C19H19F2NO3. The molecule has 3 rings (SSSR count). The highest BCUT2D eigenvalue weighted by molar-refractivity contribution is 5.78. The minimum atomic E-state index is -0.832. The fourth-order valence-corrected chi connectivity index (χ4v) is 2.66. The number of benzene rings is 2. The van der Waals surface area contributed by atoms with Crippen LogP contribution in [-0.2, 0) is 4.79 Å². The molecule has 132 valence electrons. The zero-order chi connectivity index (χ0) is 17.8. The van der Waals surface area contributed by atoms with E-state index in [0.29, 0.717) is 5.92 Å². The number of amides is 1. The summed E-state index contributed by atoms with van der Waals surface area (Å²) in [7, 11) is 1.60. The van der Waals surface area contributed by atoms with Crippen molar-refractivity contribution in [2.24, 2.45) is 5.92 Å². The predicted octanol–water partition coefficient (Wildman–Crippen LogP) is 3.62. The zero-order valence-electron chi connectivity index (χ0n) is 13.8. The number of hydrogen-bond acceptors (Lipinski definition) is 3. The third-order valence-electron chi connectivity index (χ3n) is 4.14. The van der Waals surface area contributed by atoms with Gasteiger partial charge in [-0.2, -0.15) is 0 Å². The molecule has 0 spiro atoms. The van der Waals surface area contributed by atoms with E-state index in [0.717, 1.165) is 36.3 Å². The van der Waals surface area contributed by atoms with Gasteiger partial charge in [0.05, 0.1) is 13.2 Å². The number of carbonyl (C=O) groups excluding carboxylic acids is 1. The molecule has 1 amide bonds. The average Bonchev–Trinajstić information content (AvgIpc) is 3.44. The molecule has 6 heteroatoms. The van der Waals surface area contributed by atoms with Gasteiger partial charge < -0.3 is 14.8 Å². The van der Waals surface area contributed by atoms with E-state index in [1.54, 1.807) is 7.11 Å². The van der Waals surface area contributed by atoms with E-state index in [1.807, 2.05) is 24.3 Å². The van der Waals surface area contributed by atoms with Gasteiger partial charge in [0.15, 0.2) is 18.2 Å². The molecule has 0 bridgehead atoms. The Balaban J connectivity index is 1.61. The van der Waals surface area contributed by atoms with Crippen molar-refractivity contribution in [3.8, 4) is 11.5 Å². The van der Waals surface area contributed by atoms with Gasteiger partial charge in [-0.25, -0.2) is 8.78 Å². The van der Waals surface area contributed by atoms with Crippen LogP contribution in [0.3, 0.4) is 0 Å². The van der Waals surface area contributed by atoms with Crippen LogP contribution in [0.5, 0.6) is 11.5 Å². The lowest BCUT2D eigenvalue weighted by Crippen LogP contribution is -2.33. The Bertz CT molecular complexity index is 745. The molecule has 1 N–H and O–H groups in total. The van der Waals surface area contributed by atoms with Crippen LogP contribution in [0.25, 0.3) is 0 Å². The van der Waals surface area contributed by atoms with Crippen molar-refractivity contribution >= 4 is 5.91 Å². The van der Waals surface area contributed by atoms with Crippen molar-refractivity contribution in [2.75, 3.05) is 13.7 Å². The summed E-state index contributed by atoms with van der Waals surface area (Å²) >= 11 is 0. The number of hydrogen-bond donors (Lipinski definition) is 1. The SMILES string of the molecule is COc1ccc(C(NC(=O)COc2ccc(F)cc2F)C2CC2)cc1. The second-order valence-corrected chi connectivity index (χ2v) is 6.02. The molecule has 1 aliphatic rings. The average molecular weight is 347 g/mol. The van der Waals surface area contributed by atoms with Crippen molar-refractivity contribution in [1.29, 1.82) is 0 Å². The van der Waals surface area contributed by atoms with E-state index >= 15 is 0 Å². The van der Waals surface area contributed by atoms with E-state index in [9.17, 15) is 13.6 Å². The highest BCUT2D eigenvalue weighted by atomic mass is 19.1. The molecule has 0 radical (unpaired) electrons. The Morgan fingerprint density at radius 2 is 1.92 bits per heavy atom. The van der Waals surface area contributed by atoms with Crippen LogP contribution in [0.2, 0.25) is 0 Å². The van der Waals surface area contributed by atoms with Gasteiger partial charge in [0.2, 0.25) is 0 Å².